The number of carbonyl (C=O) groups is 3. The van der Waals surface area contributed by atoms with Crippen LogP contribution in [0.1, 0.15) is 69.9 Å². The van der Waals surface area contributed by atoms with E-state index in [4.69, 9.17) is 9.47 Å². The molecule has 0 heterocycles. The topological polar surface area (TPSA) is 89.9 Å². The molecule has 2 aromatic carbocycles. The van der Waals surface area contributed by atoms with Gasteiger partial charge >= 0.3 is 11.9 Å². The second kappa shape index (κ2) is 16.5. The zero-order valence-corrected chi connectivity index (χ0v) is 21.6. The van der Waals surface area contributed by atoms with Crippen LogP contribution in [0.15, 0.2) is 54.6 Å². The van der Waals surface area contributed by atoms with Crippen LogP contribution >= 0.6 is 0 Å². The summed E-state index contributed by atoms with van der Waals surface area (Å²) in [5.41, 5.74) is 2.25. The molecule has 0 radical (unpaired) electrons. The first-order valence-electron chi connectivity index (χ1n) is 13.0. The fourth-order valence-corrected chi connectivity index (χ4v) is 4.22. The number of hydrogen-bond donors (Lipinski definition) is 1. The molecule has 1 N–H and O–H groups in total. The maximum Gasteiger partial charge on any atom is 0.304 e. The van der Waals surface area contributed by atoms with Gasteiger partial charge in [-0.3, -0.25) is 14.4 Å². The summed E-state index contributed by atoms with van der Waals surface area (Å²) in [5.74, 6) is -1.27. The van der Waals surface area contributed by atoms with Gasteiger partial charge in [0, 0.05) is 25.2 Å². The molecule has 0 spiro atoms. The molecule has 0 aliphatic carbocycles. The minimum Gasteiger partial charge on any atom is -0.494 e. The van der Waals surface area contributed by atoms with Gasteiger partial charge < -0.3 is 14.6 Å². The van der Waals surface area contributed by atoms with E-state index in [1.54, 1.807) is 0 Å². The predicted molar refractivity (Wildman–Crippen MR) is 140 cm³/mol. The quantitative estimate of drug-likeness (QED) is 0.200. The van der Waals surface area contributed by atoms with E-state index >= 15 is 0 Å². The van der Waals surface area contributed by atoms with Crippen LogP contribution in [0.4, 0.5) is 0 Å². The van der Waals surface area contributed by atoms with Gasteiger partial charge in [-0.2, -0.15) is 0 Å². The minimum atomic E-state index is -0.966. The summed E-state index contributed by atoms with van der Waals surface area (Å²) in [5, 5.41) is 9.38. The Morgan fingerprint density at radius 3 is 2.25 bits per heavy atom. The molecule has 0 aromatic heterocycles. The van der Waals surface area contributed by atoms with E-state index in [1.165, 1.54) is 12.5 Å². The molecule has 0 amide bonds. The average Bonchev–Trinajstić information content (AvgIpc) is 2.85. The van der Waals surface area contributed by atoms with Crippen molar-refractivity contribution in [2.45, 2.75) is 71.6 Å². The Balaban J connectivity index is 1.88. The lowest BCUT2D eigenvalue weighted by molar-refractivity contribution is -0.143. The van der Waals surface area contributed by atoms with Gasteiger partial charge in [-0.05, 0) is 55.4 Å². The molecule has 2 aromatic rings. The van der Waals surface area contributed by atoms with Crippen molar-refractivity contribution in [2.75, 3.05) is 13.2 Å². The highest BCUT2D eigenvalue weighted by Gasteiger charge is 2.25. The highest BCUT2D eigenvalue weighted by molar-refractivity contribution is 5.85. The average molecular weight is 497 g/mol. The van der Waals surface area contributed by atoms with Crippen molar-refractivity contribution < 1.29 is 29.0 Å². The number of carbonyl (C=O) groups excluding carboxylic acids is 2. The molecule has 36 heavy (non-hydrogen) atoms. The molecule has 2 atom stereocenters. The van der Waals surface area contributed by atoms with E-state index < -0.39 is 11.9 Å². The number of rotatable bonds is 18. The molecule has 0 saturated heterocycles. The van der Waals surface area contributed by atoms with Crippen molar-refractivity contribution in [3.8, 4) is 5.75 Å². The number of ether oxygens (including phenoxy) is 2. The molecule has 0 unspecified atom stereocenters. The first-order chi connectivity index (χ1) is 17.4. The van der Waals surface area contributed by atoms with Crippen molar-refractivity contribution in [3.05, 3.63) is 65.7 Å². The Morgan fingerprint density at radius 2 is 1.61 bits per heavy atom. The molecule has 196 valence electrons. The number of benzene rings is 2. The molecule has 6 heteroatoms. The lowest BCUT2D eigenvalue weighted by Crippen LogP contribution is -2.25. The fraction of sp³-hybridized carbons (Fsp3) is 0.500. The Morgan fingerprint density at radius 1 is 0.889 bits per heavy atom. The normalized spacial score (nSPS) is 12.5. The van der Waals surface area contributed by atoms with E-state index in [0.29, 0.717) is 12.8 Å². The Labute approximate surface area is 215 Å². The lowest BCUT2D eigenvalue weighted by Gasteiger charge is -2.20. The van der Waals surface area contributed by atoms with Gasteiger partial charge in [-0.15, -0.1) is 0 Å². The number of esters is 1. The van der Waals surface area contributed by atoms with Gasteiger partial charge in [0.2, 0.25) is 0 Å². The third-order valence-electron chi connectivity index (χ3n) is 6.21. The van der Waals surface area contributed by atoms with Crippen molar-refractivity contribution in [3.63, 3.8) is 0 Å². The van der Waals surface area contributed by atoms with Crippen LogP contribution in [-0.4, -0.2) is 36.0 Å². The van der Waals surface area contributed by atoms with Crippen LogP contribution in [-0.2, 0) is 32.0 Å². The van der Waals surface area contributed by atoms with Crippen LogP contribution in [0, 0.1) is 11.8 Å². The van der Waals surface area contributed by atoms with Crippen LogP contribution < -0.4 is 4.74 Å². The summed E-state index contributed by atoms with van der Waals surface area (Å²) in [6, 6.07) is 17.8. The summed E-state index contributed by atoms with van der Waals surface area (Å²) in [7, 11) is 0. The smallest absolute Gasteiger partial charge is 0.304 e. The summed E-state index contributed by atoms with van der Waals surface area (Å²) in [6.45, 7) is 4.35. The minimum absolute atomic E-state index is 0.0703. The number of carboxylic acid groups (broad SMARTS) is 1. The highest BCUT2D eigenvalue weighted by Crippen LogP contribution is 2.23. The van der Waals surface area contributed by atoms with Crippen LogP contribution in [0.3, 0.4) is 0 Å². The van der Waals surface area contributed by atoms with Crippen molar-refractivity contribution in [2.24, 2.45) is 11.8 Å². The SMILES string of the molecule is CCCCOc1ccc(CCCC[C@H](CC(=O)O)C(=O)C[C@H](COC(C)=O)Cc2ccccc2)cc1. The van der Waals surface area contributed by atoms with Crippen LogP contribution in [0.2, 0.25) is 0 Å². The number of aryl methyl sites for hydroxylation is 1. The second-order valence-electron chi connectivity index (χ2n) is 9.42. The summed E-state index contributed by atoms with van der Waals surface area (Å²) in [4.78, 5) is 35.9. The number of ketones is 1. The molecule has 6 nitrogen and oxygen atoms in total. The molecule has 0 fully saturated rings. The molecule has 0 aliphatic heterocycles. The number of carboxylic acids is 1. The highest BCUT2D eigenvalue weighted by atomic mass is 16.5. The van der Waals surface area contributed by atoms with E-state index in [-0.39, 0.29) is 37.1 Å². The van der Waals surface area contributed by atoms with Crippen molar-refractivity contribution >= 4 is 17.7 Å². The van der Waals surface area contributed by atoms with Crippen molar-refractivity contribution in [1.82, 2.24) is 0 Å². The van der Waals surface area contributed by atoms with E-state index in [9.17, 15) is 19.5 Å². The van der Waals surface area contributed by atoms with Crippen LogP contribution in [0.25, 0.3) is 0 Å². The first-order valence-corrected chi connectivity index (χ1v) is 13.0. The maximum absolute atomic E-state index is 13.1. The van der Waals surface area contributed by atoms with E-state index in [2.05, 4.69) is 19.1 Å². The largest absolute Gasteiger partial charge is 0.494 e. The Bertz CT molecular complexity index is 922. The third-order valence-corrected chi connectivity index (χ3v) is 6.21. The summed E-state index contributed by atoms with van der Waals surface area (Å²) >= 11 is 0. The Hall–Kier alpha value is -3.15. The maximum atomic E-state index is 13.1. The lowest BCUT2D eigenvalue weighted by atomic mass is 9.86. The molecule has 2 rings (SSSR count). The van der Waals surface area contributed by atoms with E-state index in [0.717, 1.165) is 50.0 Å². The molecule has 0 bridgehead atoms. The number of aliphatic carboxylic acids is 1. The number of unbranched alkanes of at least 4 members (excludes halogenated alkanes) is 2. The molecule has 0 aliphatic rings. The van der Waals surface area contributed by atoms with Gasteiger partial charge in [0.05, 0.1) is 19.6 Å². The van der Waals surface area contributed by atoms with Crippen molar-refractivity contribution in [1.29, 1.82) is 0 Å². The number of hydrogen-bond acceptors (Lipinski definition) is 5. The van der Waals surface area contributed by atoms with Gasteiger partial charge in [-0.25, -0.2) is 0 Å². The van der Waals surface area contributed by atoms with Crippen LogP contribution in [0.5, 0.6) is 5.75 Å². The first kappa shape index (κ1) is 29.1. The van der Waals surface area contributed by atoms with Gasteiger partial charge in [-0.1, -0.05) is 62.2 Å². The Kier molecular flexibility index (Phi) is 13.3. The number of Topliss-reactive ketones (excluding diaryl/α,β-unsaturated/α-hetero) is 1. The second-order valence-corrected chi connectivity index (χ2v) is 9.42. The standard InChI is InChI=1S/C30H40O6/c1-3-4-18-35-28-16-14-24(15-17-28)10-8-9-13-27(21-30(33)34)29(32)20-26(22-36-23(2)31)19-25-11-6-5-7-12-25/h5-7,11-12,14-17,26-27H,3-4,8-10,13,18-22H2,1-2H3,(H,33,34)/t26-,27-/m1/s1. The molecular formula is C30H40O6. The summed E-state index contributed by atoms with van der Waals surface area (Å²) in [6.07, 6.45) is 5.80. The van der Waals surface area contributed by atoms with Gasteiger partial charge in [0.25, 0.3) is 0 Å². The fourth-order valence-electron chi connectivity index (χ4n) is 4.22. The van der Waals surface area contributed by atoms with Gasteiger partial charge in [0.15, 0.2) is 0 Å². The molecule has 0 saturated carbocycles. The predicted octanol–water partition coefficient (Wildman–Crippen LogP) is 6.05. The monoisotopic (exact) mass is 496 g/mol. The van der Waals surface area contributed by atoms with Gasteiger partial charge in [0.1, 0.15) is 11.5 Å². The zero-order valence-electron chi connectivity index (χ0n) is 21.6. The zero-order chi connectivity index (χ0) is 26.2. The molecular weight excluding hydrogens is 456 g/mol. The van der Waals surface area contributed by atoms with E-state index in [1.807, 2.05) is 42.5 Å². The third kappa shape index (κ3) is 12.0. The summed E-state index contributed by atoms with van der Waals surface area (Å²) < 4.78 is 10.9.